The summed E-state index contributed by atoms with van der Waals surface area (Å²) in [7, 11) is -0.839. The molecule has 1 nitrogen and oxygen atoms in total. The van der Waals surface area contributed by atoms with Crippen LogP contribution in [0.4, 0.5) is 0 Å². The summed E-state index contributed by atoms with van der Waals surface area (Å²) < 4.78 is 0. The van der Waals surface area contributed by atoms with Crippen LogP contribution < -0.4 is 38.9 Å². The predicted octanol–water partition coefficient (Wildman–Crippen LogP) is 0.570. The van der Waals surface area contributed by atoms with Crippen molar-refractivity contribution in [3.8, 4) is 0 Å². The number of halogens is 1. The van der Waals surface area contributed by atoms with Crippen molar-refractivity contribution in [2.45, 2.75) is 11.3 Å². The number of quaternary nitrogens is 1. The topological polar surface area (TPSA) is 16.6 Å². The summed E-state index contributed by atoms with van der Waals surface area (Å²) >= 11 is 0. The molecule has 4 aromatic carbocycles. The number of benzene rings is 4. The van der Waals surface area contributed by atoms with Crippen molar-refractivity contribution in [3.05, 3.63) is 121 Å². The van der Waals surface area contributed by atoms with Crippen LogP contribution in [0.15, 0.2) is 121 Å². The Kier molecular flexibility index (Phi) is 8.12. The normalized spacial score (nSPS) is 17.9. The van der Waals surface area contributed by atoms with Gasteiger partial charge in [-0.1, -0.05) is 121 Å². The van der Waals surface area contributed by atoms with E-state index in [1.165, 1.54) is 34.3 Å². The molecule has 0 unspecified atom stereocenters. The molecule has 0 aromatic heterocycles. The molecule has 1 aliphatic heterocycles. The number of hydrogen-bond acceptors (Lipinski definition) is 0. The first kappa shape index (κ1) is 23.2. The van der Waals surface area contributed by atoms with Crippen LogP contribution in [0.25, 0.3) is 0 Å². The average Bonchev–Trinajstić information content (AvgIpc) is 3.31. The number of nitrogens with two attached hydrogens (primary N) is 1. The molecule has 1 fully saturated rings. The van der Waals surface area contributed by atoms with Gasteiger partial charge in [0, 0.05) is 11.3 Å². The fourth-order valence-corrected chi connectivity index (χ4v) is 11.3. The fraction of sp³-hybridized carbons (Fsp3) is 0.143. The van der Waals surface area contributed by atoms with Gasteiger partial charge in [0.05, 0.1) is 13.1 Å². The van der Waals surface area contributed by atoms with Gasteiger partial charge in [-0.05, 0) is 37.1 Å². The van der Waals surface area contributed by atoms with E-state index in [1.54, 1.807) is 0 Å². The van der Waals surface area contributed by atoms with Gasteiger partial charge >= 0.3 is 0 Å². The van der Waals surface area contributed by atoms with Gasteiger partial charge in [-0.15, -0.1) is 0 Å². The molecule has 2 N–H and O–H groups in total. The maximum Gasteiger partial charge on any atom is 0.0838 e. The van der Waals surface area contributed by atoms with Gasteiger partial charge in [0.15, 0.2) is 0 Å². The second-order valence-corrected chi connectivity index (χ2v) is 12.8. The summed E-state index contributed by atoms with van der Waals surface area (Å²) in [6.45, 7) is 2.41. The highest BCUT2D eigenvalue weighted by atomic mass is 35.5. The second kappa shape index (κ2) is 11.2. The van der Waals surface area contributed by atoms with Crippen LogP contribution in [-0.4, -0.2) is 24.4 Å². The van der Waals surface area contributed by atoms with Gasteiger partial charge in [0.25, 0.3) is 0 Å². The summed E-state index contributed by atoms with van der Waals surface area (Å²) in [5.41, 5.74) is 1.32. The molecule has 0 aliphatic carbocycles. The first-order valence-corrected chi connectivity index (χ1v) is 13.8. The molecule has 162 valence electrons. The SMILES string of the molecule is [Cl-].c1ccc(P(c2ccccc2)[C@H]2C[NH2+]C[C@@H]2P(c2ccccc2)c2ccccc2)cc1. The monoisotopic (exact) mass is 475 g/mol. The lowest BCUT2D eigenvalue weighted by Crippen LogP contribution is -3.00. The van der Waals surface area contributed by atoms with Crippen LogP contribution in [0.5, 0.6) is 0 Å². The maximum atomic E-state index is 2.57. The molecule has 2 atom stereocenters. The van der Waals surface area contributed by atoms with Crippen LogP contribution >= 0.6 is 15.8 Å². The summed E-state index contributed by atoms with van der Waals surface area (Å²) in [6.07, 6.45) is 0. The Labute approximate surface area is 200 Å². The van der Waals surface area contributed by atoms with Crippen molar-refractivity contribution in [1.82, 2.24) is 0 Å². The molecular weight excluding hydrogens is 448 g/mol. The molecule has 4 heteroatoms. The molecule has 0 amide bonds. The zero-order chi connectivity index (χ0) is 20.9. The van der Waals surface area contributed by atoms with Crippen LogP contribution in [0.3, 0.4) is 0 Å². The highest BCUT2D eigenvalue weighted by molar-refractivity contribution is 7.77. The molecular formula is C28H28ClNP2. The first-order chi connectivity index (χ1) is 15.4. The Bertz CT molecular complexity index is 909. The summed E-state index contributed by atoms with van der Waals surface area (Å²) in [5.74, 6) is 0. The van der Waals surface area contributed by atoms with E-state index in [0.29, 0.717) is 11.3 Å². The predicted molar refractivity (Wildman–Crippen MR) is 137 cm³/mol. The van der Waals surface area contributed by atoms with Crippen molar-refractivity contribution in [1.29, 1.82) is 0 Å². The van der Waals surface area contributed by atoms with Gasteiger partial charge in [-0.25, -0.2) is 0 Å². The molecule has 4 aromatic rings. The van der Waals surface area contributed by atoms with E-state index < -0.39 is 15.8 Å². The van der Waals surface area contributed by atoms with E-state index in [9.17, 15) is 0 Å². The third-order valence-electron chi connectivity index (χ3n) is 6.06. The minimum atomic E-state index is -0.420. The van der Waals surface area contributed by atoms with Gasteiger partial charge in [0.1, 0.15) is 0 Å². The zero-order valence-corrected chi connectivity index (χ0v) is 20.5. The largest absolute Gasteiger partial charge is 1.00 e. The summed E-state index contributed by atoms with van der Waals surface area (Å²) in [6, 6.07) is 45.0. The van der Waals surface area contributed by atoms with E-state index >= 15 is 0 Å². The van der Waals surface area contributed by atoms with Crippen LogP contribution in [0.2, 0.25) is 0 Å². The quantitative estimate of drug-likeness (QED) is 0.393. The van der Waals surface area contributed by atoms with Crippen molar-refractivity contribution >= 4 is 37.1 Å². The molecule has 5 rings (SSSR count). The van der Waals surface area contributed by atoms with Gasteiger partial charge in [-0.2, -0.15) is 0 Å². The molecule has 0 bridgehead atoms. The Balaban J connectivity index is 0.00000245. The third kappa shape index (κ3) is 4.98. The molecule has 0 radical (unpaired) electrons. The smallest absolute Gasteiger partial charge is 0.0838 e. The van der Waals surface area contributed by atoms with Crippen LogP contribution in [-0.2, 0) is 0 Å². The Hall–Kier alpha value is -2.01. The standard InChI is InChI=1S/C28H27NP2.ClH/c1-5-13-23(14-6-1)30(24-15-7-2-8-16-24)27-21-29-22-28(27)31(25-17-9-3-10-18-25)26-19-11-4-12-20-26;/h1-20,27-29H,21-22H2;1H/t27-,28-;/m0./s1. The van der Waals surface area contributed by atoms with Gasteiger partial charge < -0.3 is 17.7 Å². The zero-order valence-electron chi connectivity index (χ0n) is 18.0. The van der Waals surface area contributed by atoms with Gasteiger partial charge in [-0.3, -0.25) is 0 Å². The van der Waals surface area contributed by atoms with E-state index in [1.807, 2.05) is 0 Å². The lowest BCUT2D eigenvalue weighted by molar-refractivity contribution is -0.634. The lowest BCUT2D eigenvalue weighted by Gasteiger charge is -2.33. The van der Waals surface area contributed by atoms with E-state index in [-0.39, 0.29) is 12.4 Å². The second-order valence-electron chi connectivity index (χ2n) is 7.98. The summed E-state index contributed by atoms with van der Waals surface area (Å²) in [4.78, 5) is 0. The molecule has 0 saturated carbocycles. The van der Waals surface area contributed by atoms with Crippen LogP contribution in [0.1, 0.15) is 0 Å². The third-order valence-corrected chi connectivity index (χ3v) is 12.2. The molecule has 1 heterocycles. The van der Waals surface area contributed by atoms with Gasteiger partial charge in [0.2, 0.25) is 0 Å². The van der Waals surface area contributed by atoms with Crippen molar-refractivity contribution in [2.75, 3.05) is 13.1 Å². The molecule has 32 heavy (non-hydrogen) atoms. The van der Waals surface area contributed by atoms with E-state index in [0.717, 1.165) is 0 Å². The highest BCUT2D eigenvalue weighted by Gasteiger charge is 2.43. The highest BCUT2D eigenvalue weighted by Crippen LogP contribution is 2.51. The Morgan fingerprint density at radius 2 is 0.688 bits per heavy atom. The molecule has 1 aliphatic rings. The minimum Gasteiger partial charge on any atom is -1.00 e. The summed E-state index contributed by atoms with van der Waals surface area (Å²) in [5, 5.41) is 8.59. The fourth-order valence-electron chi connectivity index (χ4n) is 4.73. The van der Waals surface area contributed by atoms with Crippen LogP contribution in [0, 0.1) is 0 Å². The molecule has 0 spiro atoms. The molecule has 1 saturated heterocycles. The first-order valence-electron chi connectivity index (χ1n) is 11.0. The number of rotatable bonds is 6. The van der Waals surface area contributed by atoms with Crippen molar-refractivity contribution in [3.63, 3.8) is 0 Å². The van der Waals surface area contributed by atoms with E-state index in [2.05, 4.69) is 127 Å². The number of hydrogen-bond donors (Lipinski definition) is 1. The Morgan fingerprint density at radius 3 is 0.938 bits per heavy atom. The van der Waals surface area contributed by atoms with E-state index in [4.69, 9.17) is 0 Å². The maximum absolute atomic E-state index is 2.57. The van der Waals surface area contributed by atoms with Crippen molar-refractivity contribution in [2.24, 2.45) is 0 Å². The lowest BCUT2D eigenvalue weighted by atomic mass is 10.3. The minimum absolute atomic E-state index is 0. The average molecular weight is 476 g/mol. The van der Waals surface area contributed by atoms with Crippen molar-refractivity contribution < 1.29 is 17.7 Å². The Morgan fingerprint density at radius 1 is 0.438 bits per heavy atom.